The lowest BCUT2D eigenvalue weighted by Crippen LogP contribution is -2.13. The first-order valence-electron chi connectivity index (χ1n) is 8.28. The normalized spacial score (nSPS) is 10.5. The first kappa shape index (κ1) is 19.3. The molecule has 0 aliphatic rings. The molecule has 3 rings (SSSR count). The molecule has 0 radical (unpaired) electrons. The van der Waals surface area contributed by atoms with Crippen molar-refractivity contribution in [3.8, 4) is 16.3 Å². The standard InChI is InChI=1S/C20H20N2O3S2/c1-13-18(27-19(21-13)16-6-4-5-7-17(16)24-2)22-20(23)25-12-14-8-10-15(26-3)11-9-14/h4-11H,12H2,1-3H3,(H,22,23). The molecule has 27 heavy (non-hydrogen) atoms. The average molecular weight is 401 g/mol. The quantitative estimate of drug-likeness (QED) is 0.546. The summed E-state index contributed by atoms with van der Waals surface area (Å²) in [6.07, 6.45) is 1.53. The third-order valence-corrected chi connectivity index (χ3v) is 5.73. The Bertz CT molecular complexity index is 923. The highest BCUT2D eigenvalue weighted by Gasteiger charge is 2.15. The van der Waals surface area contributed by atoms with Crippen LogP contribution in [0.3, 0.4) is 0 Å². The number of thiazole rings is 1. The summed E-state index contributed by atoms with van der Waals surface area (Å²) in [6.45, 7) is 2.07. The maximum absolute atomic E-state index is 12.1. The molecule has 0 unspecified atom stereocenters. The van der Waals surface area contributed by atoms with Gasteiger partial charge >= 0.3 is 6.09 Å². The molecular weight excluding hydrogens is 380 g/mol. The van der Waals surface area contributed by atoms with Crippen molar-refractivity contribution in [1.82, 2.24) is 4.98 Å². The number of hydrogen-bond donors (Lipinski definition) is 1. The van der Waals surface area contributed by atoms with Crippen molar-refractivity contribution in [2.75, 3.05) is 18.7 Å². The highest BCUT2D eigenvalue weighted by molar-refractivity contribution is 7.98. The Kier molecular flexibility index (Phi) is 6.36. The lowest BCUT2D eigenvalue weighted by molar-refractivity contribution is 0.155. The molecule has 1 N–H and O–H groups in total. The van der Waals surface area contributed by atoms with E-state index in [1.165, 1.54) is 16.2 Å². The Morgan fingerprint density at radius 1 is 1.19 bits per heavy atom. The van der Waals surface area contributed by atoms with Gasteiger partial charge in [0.05, 0.1) is 18.4 Å². The fourth-order valence-corrected chi connectivity index (χ4v) is 3.84. The van der Waals surface area contributed by atoms with Crippen molar-refractivity contribution < 1.29 is 14.3 Å². The van der Waals surface area contributed by atoms with Crippen molar-refractivity contribution >= 4 is 34.2 Å². The number of rotatable bonds is 6. The second kappa shape index (κ2) is 8.92. The van der Waals surface area contributed by atoms with E-state index in [0.717, 1.165) is 27.6 Å². The van der Waals surface area contributed by atoms with E-state index in [0.29, 0.717) is 5.00 Å². The van der Waals surface area contributed by atoms with Gasteiger partial charge in [-0.25, -0.2) is 9.78 Å². The number of thioether (sulfide) groups is 1. The van der Waals surface area contributed by atoms with Crippen molar-refractivity contribution in [2.24, 2.45) is 0 Å². The average Bonchev–Trinajstić information content (AvgIpc) is 3.06. The number of anilines is 1. The summed E-state index contributed by atoms with van der Waals surface area (Å²) in [5, 5.41) is 4.23. The minimum atomic E-state index is -0.498. The molecule has 0 aliphatic heterocycles. The molecule has 1 aromatic heterocycles. The van der Waals surface area contributed by atoms with Crippen LogP contribution in [0.15, 0.2) is 53.4 Å². The first-order valence-corrected chi connectivity index (χ1v) is 10.3. The van der Waals surface area contributed by atoms with Crippen molar-refractivity contribution in [1.29, 1.82) is 0 Å². The highest BCUT2D eigenvalue weighted by atomic mass is 32.2. The van der Waals surface area contributed by atoms with Crippen LogP contribution < -0.4 is 10.1 Å². The van der Waals surface area contributed by atoms with E-state index in [1.54, 1.807) is 18.9 Å². The Hall–Kier alpha value is -2.51. The molecule has 0 atom stereocenters. The summed E-state index contributed by atoms with van der Waals surface area (Å²) >= 11 is 3.06. The van der Waals surface area contributed by atoms with Crippen LogP contribution in [0.2, 0.25) is 0 Å². The van der Waals surface area contributed by atoms with Crippen LogP contribution >= 0.6 is 23.1 Å². The third kappa shape index (κ3) is 4.81. The zero-order valence-electron chi connectivity index (χ0n) is 15.3. The largest absolute Gasteiger partial charge is 0.496 e. The van der Waals surface area contributed by atoms with Crippen LogP contribution in [0.5, 0.6) is 5.75 Å². The molecule has 1 amide bonds. The number of carbonyl (C=O) groups excluding carboxylic acids is 1. The van der Waals surface area contributed by atoms with Gasteiger partial charge in [0.25, 0.3) is 0 Å². The van der Waals surface area contributed by atoms with Gasteiger partial charge in [0.15, 0.2) is 0 Å². The SMILES string of the molecule is COc1ccccc1-c1nc(C)c(NC(=O)OCc2ccc(SC)cc2)s1. The van der Waals surface area contributed by atoms with Crippen molar-refractivity contribution in [3.63, 3.8) is 0 Å². The Labute approximate surface area is 166 Å². The second-order valence-electron chi connectivity index (χ2n) is 5.68. The lowest BCUT2D eigenvalue weighted by Gasteiger charge is -2.06. The van der Waals surface area contributed by atoms with E-state index >= 15 is 0 Å². The predicted molar refractivity (Wildman–Crippen MR) is 111 cm³/mol. The fraction of sp³-hybridized carbons (Fsp3) is 0.200. The summed E-state index contributed by atoms with van der Waals surface area (Å²) in [5.41, 5.74) is 2.57. The highest BCUT2D eigenvalue weighted by Crippen LogP contribution is 2.36. The number of para-hydroxylation sites is 1. The minimum absolute atomic E-state index is 0.220. The number of methoxy groups -OCH3 is 1. The summed E-state index contributed by atoms with van der Waals surface area (Å²) in [5.74, 6) is 0.745. The summed E-state index contributed by atoms with van der Waals surface area (Å²) < 4.78 is 10.7. The smallest absolute Gasteiger partial charge is 0.412 e. The van der Waals surface area contributed by atoms with E-state index in [9.17, 15) is 4.79 Å². The Morgan fingerprint density at radius 3 is 2.63 bits per heavy atom. The number of amides is 1. The van der Waals surface area contributed by atoms with Gasteiger partial charge in [0.1, 0.15) is 22.4 Å². The second-order valence-corrected chi connectivity index (χ2v) is 7.56. The molecule has 140 valence electrons. The van der Waals surface area contributed by atoms with Crippen LogP contribution in [0, 0.1) is 6.92 Å². The zero-order valence-corrected chi connectivity index (χ0v) is 16.9. The van der Waals surface area contributed by atoms with E-state index in [2.05, 4.69) is 10.3 Å². The maximum atomic E-state index is 12.1. The fourth-order valence-electron chi connectivity index (χ4n) is 2.45. The van der Waals surface area contributed by atoms with E-state index in [1.807, 2.05) is 61.7 Å². The summed E-state index contributed by atoms with van der Waals surface area (Å²) in [6, 6.07) is 15.6. The molecule has 7 heteroatoms. The number of nitrogens with zero attached hydrogens (tertiary/aromatic N) is 1. The number of benzene rings is 2. The molecule has 0 fully saturated rings. The van der Waals surface area contributed by atoms with Gasteiger partial charge in [-0.1, -0.05) is 35.6 Å². The topological polar surface area (TPSA) is 60.5 Å². The molecule has 0 saturated carbocycles. The Balaban J connectivity index is 1.65. The molecular formula is C20H20N2O3S2. The van der Waals surface area contributed by atoms with Crippen LogP contribution in [0.25, 0.3) is 10.6 Å². The molecule has 2 aromatic carbocycles. The van der Waals surface area contributed by atoms with Gasteiger partial charge in [-0.05, 0) is 43.0 Å². The molecule has 0 saturated heterocycles. The maximum Gasteiger partial charge on any atom is 0.412 e. The zero-order chi connectivity index (χ0) is 19.2. The van der Waals surface area contributed by atoms with Crippen LogP contribution in [0.4, 0.5) is 9.80 Å². The van der Waals surface area contributed by atoms with Crippen molar-refractivity contribution in [3.05, 3.63) is 59.8 Å². The van der Waals surface area contributed by atoms with Crippen LogP contribution in [-0.4, -0.2) is 24.4 Å². The molecule has 0 spiro atoms. The molecule has 1 heterocycles. The molecule has 0 aliphatic carbocycles. The van der Waals surface area contributed by atoms with E-state index in [-0.39, 0.29) is 6.61 Å². The van der Waals surface area contributed by atoms with Crippen LogP contribution in [-0.2, 0) is 11.3 Å². The molecule has 5 nitrogen and oxygen atoms in total. The lowest BCUT2D eigenvalue weighted by atomic mass is 10.2. The van der Waals surface area contributed by atoms with Gasteiger partial charge in [-0.2, -0.15) is 0 Å². The van der Waals surface area contributed by atoms with Gasteiger partial charge in [0.2, 0.25) is 0 Å². The number of carbonyl (C=O) groups is 1. The predicted octanol–water partition coefficient (Wildman–Crippen LogP) is 5.60. The number of aromatic nitrogens is 1. The number of ether oxygens (including phenoxy) is 2. The minimum Gasteiger partial charge on any atom is -0.496 e. The summed E-state index contributed by atoms with van der Waals surface area (Å²) in [4.78, 5) is 17.9. The van der Waals surface area contributed by atoms with Gasteiger partial charge in [-0.15, -0.1) is 11.8 Å². The molecule has 3 aromatic rings. The summed E-state index contributed by atoms with van der Waals surface area (Å²) in [7, 11) is 1.63. The Morgan fingerprint density at radius 2 is 1.93 bits per heavy atom. The monoisotopic (exact) mass is 400 g/mol. The number of aryl methyl sites for hydroxylation is 1. The van der Waals surface area contributed by atoms with Crippen LogP contribution in [0.1, 0.15) is 11.3 Å². The third-order valence-electron chi connectivity index (χ3n) is 3.88. The van der Waals surface area contributed by atoms with Gasteiger partial charge in [-0.3, -0.25) is 5.32 Å². The number of hydrogen-bond acceptors (Lipinski definition) is 6. The number of nitrogens with one attached hydrogen (secondary N) is 1. The van der Waals surface area contributed by atoms with Gasteiger partial charge < -0.3 is 9.47 Å². The molecule has 0 bridgehead atoms. The van der Waals surface area contributed by atoms with Gasteiger partial charge in [0, 0.05) is 4.90 Å². The first-order chi connectivity index (χ1) is 13.1. The van der Waals surface area contributed by atoms with E-state index in [4.69, 9.17) is 9.47 Å². The van der Waals surface area contributed by atoms with E-state index < -0.39 is 6.09 Å². The van der Waals surface area contributed by atoms with Crippen molar-refractivity contribution in [2.45, 2.75) is 18.4 Å².